The second-order valence-corrected chi connectivity index (χ2v) is 6.43. The highest BCUT2D eigenvalue weighted by molar-refractivity contribution is 4.84. The van der Waals surface area contributed by atoms with E-state index in [9.17, 15) is 10.1 Å². The fourth-order valence-electron chi connectivity index (χ4n) is 3.36. The summed E-state index contributed by atoms with van der Waals surface area (Å²) in [4.78, 5) is 16.1. The average molecular weight is 269 g/mol. The molecule has 2 aliphatic rings. The molecule has 0 aromatic rings. The molecule has 0 bridgehead atoms. The lowest BCUT2D eigenvalue weighted by atomic mass is 9.98. The minimum absolute atomic E-state index is 0.0454. The normalized spacial score (nSPS) is 23.4. The summed E-state index contributed by atoms with van der Waals surface area (Å²) in [7, 11) is 0. The van der Waals surface area contributed by atoms with Crippen molar-refractivity contribution in [3.05, 3.63) is 10.1 Å². The van der Waals surface area contributed by atoms with Crippen LogP contribution in [0.1, 0.15) is 45.4 Å². The molecule has 110 valence electrons. The maximum absolute atomic E-state index is 11.5. The van der Waals surface area contributed by atoms with E-state index in [2.05, 4.69) is 9.80 Å². The highest BCUT2D eigenvalue weighted by atomic mass is 16.6. The molecule has 5 nitrogen and oxygen atoms in total. The van der Waals surface area contributed by atoms with E-state index in [1.807, 2.05) is 6.92 Å². The second kappa shape index (κ2) is 6.66. The van der Waals surface area contributed by atoms with Crippen LogP contribution in [0.4, 0.5) is 0 Å². The summed E-state index contributed by atoms with van der Waals surface area (Å²) in [5.41, 5.74) is -0.811. The van der Waals surface area contributed by atoms with Gasteiger partial charge in [0.1, 0.15) is 0 Å². The monoisotopic (exact) mass is 269 g/mol. The van der Waals surface area contributed by atoms with Crippen LogP contribution in [0.3, 0.4) is 0 Å². The summed E-state index contributed by atoms with van der Waals surface area (Å²) >= 11 is 0. The number of nitrogens with zero attached hydrogens (tertiary/aromatic N) is 3. The first-order valence-corrected chi connectivity index (χ1v) is 7.69. The fraction of sp³-hybridized carbons (Fsp3) is 1.00. The van der Waals surface area contributed by atoms with Crippen LogP contribution in [0.2, 0.25) is 0 Å². The first-order chi connectivity index (χ1) is 9.10. The van der Waals surface area contributed by atoms with Gasteiger partial charge in [-0.25, -0.2) is 0 Å². The first-order valence-electron chi connectivity index (χ1n) is 7.69. The molecule has 19 heavy (non-hydrogen) atoms. The van der Waals surface area contributed by atoms with Crippen molar-refractivity contribution in [3.63, 3.8) is 0 Å². The van der Waals surface area contributed by atoms with Crippen molar-refractivity contribution in [2.45, 2.75) is 51.0 Å². The molecule has 2 rings (SSSR count). The average Bonchev–Trinajstić information content (AvgIpc) is 2.40. The second-order valence-electron chi connectivity index (χ2n) is 6.43. The predicted molar refractivity (Wildman–Crippen MR) is 76.0 cm³/mol. The van der Waals surface area contributed by atoms with Crippen LogP contribution in [0.5, 0.6) is 0 Å². The molecule has 5 heteroatoms. The van der Waals surface area contributed by atoms with Gasteiger partial charge in [0.2, 0.25) is 5.54 Å². The van der Waals surface area contributed by atoms with E-state index in [1.165, 1.54) is 38.5 Å². The molecule has 0 aliphatic carbocycles. The summed E-state index contributed by atoms with van der Waals surface area (Å²) in [6.45, 7) is 7.17. The molecule has 0 saturated carbocycles. The largest absolute Gasteiger partial charge is 0.297 e. The molecule has 0 spiro atoms. The van der Waals surface area contributed by atoms with E-state index in [0.717, 1.165) is 26.2 Å². The van der Waals surface area contributed by atoms with Crippen molar-refractivity contribution in [2.24, 2.45) is 0 Å². The maximum Gasteiger partial charge on any atom is 0.244 e. The zero-order valence-electron chi connectivity index (χ0n) is 12.1. The molecule has 0 unspecified atom stereocenters. The number of hydrogen-bond acceptors (Lipinski definition) is 4. The van der Waals surface area contributed by atoms with Gasteiger partial charge in [-0.3, -0.25) is 19.9 Å². The predicted octanol–water partition coefficient (Wildman–Crippen LogP) is 1.99. The third kappa shape index (κ3) is 4.14. The summed E-state index contributed by atoms with van der Waals surface area (Å²) in [6, 6.07) is 0. The Morgan fingerprint density at radius 1 is 0.895 bits per heavy atom. The lowest BCUT2D eigenvalue weighted by molar-refractivity contribution is -0.566. The topological polar surface area (TPSA) is 49.6 Å². The Morgan fingerprint density at radius 3 is 1.58 bits per heavy atom. The summed E-state index contributed by atoms with van der Waals surface area (Å²) in [5, 5.41) is 11.5. The Balaban J connectivity index is 1.93. The van der Waals surface area contributed by atoms with Gasteiger partial charge in [0.05, 0.1) is 13.1 Å². The van der Waals surface area contributed by atoms with Crippen molar-refractivity contribution in [1.82, 2.24) is 9.80 Å². The van der Waals surface area contributed by atoms with E-state index in [0.29, 0.717) is 13.1 Å². The van der Waals surface area contributed by atoms with E-state index in [4.69, 9.17) is 0 Å². The van der Waals surface area contributed by atoms with E-state index >= 15 is 0 Å². The lowest BCUT2D eigenvalue weighted by Gasteiger charge is -2.36. The van der Waals surface area contributed by atoms with Crippen LogP contribution in [-0.2, 0) is 0 Å². The van der Waals surface area contributed by atoms with Gasteiger partial charge in [-0.2, -0.15) is 0 Å². The van der Waals surface area contributed by atoms with Crippen molar-refractivity contribution in [3.8, 4) is 0 Å². The molecule has 2 heterocycles. The van der Waals surface area contributed by atoms with Crippen molar-refractivity contribution in [1.29, 1.82) is 0 Å². The molecule has 0 amide bonds. The molecular weight excluding hydrogens is 242 g/mol. The molecule has 0 atom stereocenters. The number of likely N-dealkylation sites (tertiary alicyclic amines) is 2. The van der Waals surface area contributed by atoms with E-state index < -0.39 is 5.54 Å². The molecule has 0 radical (unpaired) electrons. The summed E-state index contributed by atoms with van der Waals surface area (Å²) in [5.74, 6) is 0. The van der Waals surface area contributed by atoms with Gasteiger partial charge in [0, 0.05) is 11.8 Å². The maximum atomic E-state index is 11.5. The summed E-state index contributed by atoms with van der Waals surface area (Å²) in [6.07, 6.45) is 7.32. The van der Waals surface area contributed by atoms with Gasteiger partial charge < -0.3 is 0 Å². The Labute approximate surface area is 116 Å². The van der Waals surface area contributed by atoms with Crippen molar-refractivity contribution >= 4 is 0 Å². The van der Waals surface area contributed by atoms with Gasteiger partial charge in [0.15, 0.2) is 0 Å². The number of nitro groups is 1. The third-order valence-electron chi connectivity index (χ3n) is 4.47. The Morgan fingerprint density at radius 2 is 1.26 bits per heavy atom. The summed E-state index contributed by atoms with van der Waals surface area (Å²) < 4.78 is 0. The van der Waals surface area contributed by atoms with Crippen LogP contribution >= 0.6 is 0 Å². The quantitative estimate of drug-likeness (QED) is 0.566. The Bertz CT molecular complexity index is 277. The van der Waals surface area contributed by atoms with Gasteiger partial charge in [-0.15, -0.1) is 0 Å². The smallest absolute Gasteiger partial charge is 0.244 e. The lowest BCUT2D eigenvalue weighted by Crippen LogP contribution is -2.55. The highest BCUT2D eigenvalue weighted by Crippen LogP contribution is 2.20. The molecule has 2 aliphatic heterocycles. The molecule has 2 saturated heterocycles. The van der Waals surface area contributed by atoms with Crippen LogP contribution in [0.25, 0.3) is 0 Å². The minimum atomic E-state index is -0.811. The molecule has 2 fully saturated rings. The van der Waals surface area contributed by atoms with Crippen LogP contribution < -0.4 is 0 Å². The van der Waals surface area contributed by atoms with E-state index in [1.54, 1.807) is 0 Å². The van der Waals surface area contributed by atoms with Gasteiger partial charge in [0.25, 0.3) is 0 Å². The fourth-order valence-corrected chi connectivity index (χ4v) is 3.36. The van der Waals surface area contributed by atoms with Crippen LogP contribution in [-0.4, -0.2) is 59.5 Å². The first kappa shape index (κ1) is 14.7. The number of hydrogen-bond donors (Lipinski definition) is 0. The minimum Gasteiger partial charge on any atom is -0.297 e. The zero-order valence-corrected chi connectivity index (χ0v) is 12.1. The Hall–Kier alpha value is -0.680. The zero-order chi connectivity index (χ0) is 13.7. The molecule has 0 aromatic heterocycles. The van der Waals surface area contributed by atoms with Crippen LogP contribution in [0, 0.1) is 10.1 Å². The number of piperidine rings is 2. The van der Waals surface area contributed by atoms with Gasteiger partial charge in [-0.1, -0.05) is 12.8 Å². The third-order valence-corrected chi connectivity index (χ3v) is 4.47. The highest BCUT2D eigenvalue weighted by Gasteiger charge is 2.41. The molecule has 0 N–H and O–H groups in total. The van der Waals surface area contributed by atoms with Gasteiger partial charge >= 0.3 is 0 Å². The molecule has 0 aromatic carbocycles. The molecular formula is C14H27N3O2. The van der Waals surface area contributed by atoms with Crippen molar-refractivity contribution < 1.29 is 4.92 Å². The SMILES string of the molecule is CC(CN1CCCCC1)(CN1CCCCC1)[N+](=O)[O-]. The number of rotatable bonds is 5. The Kier molecular flexibility index (Phi) is 5.16. The van der Waals surface area contributed by atoms with Gasteiger partial charge in [-0.05, 0) is 51.9 Å². The van der Waals surface area contributed by atoms with E-state index in [-0.39, 0.29) is 4.92 Å². The van der Waals surface area contributed by atoms with Crippen molar-refractivity contribution in [2.75, 3.05) is 39.3 Å². The standard InChI is InChI=1S/C14H27N3O2/c1-14(17(18)19,12-15-8-4-2-5-9-15)13-16-10-6-3-7-11-16/h2-13H2,1H3. The van der Waals surface area contributed by atoms with Crippen LogP contribution in [0.15, 0.2) is 0 Å².